The number of benzene rings is 1. The SMILES string of the molecule is Cc1ncc(OCC2(CNC(=O)OC(C)(C)C)CC2)cc1-c1cccc(Cl)c1. The number of hydrogen-bond donors (Lipinski definition) is 1. The number of pyridine rings is 1. The van der Waals surface area contributed by atoms with Crippen molar-refractivity contribution in [3.8, 4) is 16.9 Å². The molecule has 0 atom stereocenters. The number of halogens is 1. The van der Waals surface area contributed by atoms with Gasteiger partial charge in [-0.05, 0) is 64.3 Å². The smallest absolute Gasteiger partial charge is 0.407 e. The second-order valence-corrected chi connectivity index (χ2v) is 8.89. The molecule has 0 spiro atoms. The minimum absolute atomic E-state index is 0.0298. The molecule has 28 heavy (non-hydrogen) atoms. The first-order valence-electron chi connectivity index (χ1n) is 9.48. The monoisotopic (exact) mass is 402 g/mol. The molecule has 0 unspecified atom stereocenters. The Balaban J connectivity index is 1.60. The Bertz CT molecular complexity index is 857. The molecule has 1 heterocycles. The molecule has 150 valence electrons. The summed E-state index contributed by atoms with van der Waals surface area (Å²) < 4.78 is 11.3. The fourth-order valence-corrected chi connectivity index (χ4v) is 3.09. The van der Waals surface area contributed by atoms with Crippen LogP contribution in [0.4, 0.5) is 4.79 Å². The lowest BCUT2D eigenvalue weighted by atomic mass is 10.0. The lowest BCUT2D eigenvalue weighted by Crippen LogP contribution is -2.37. The molecule has 0 saturated heterocycles. The van der Waals surface area contributed by atoms with E-state index in [9.17, 15) is 4.79 Å². The molecule has 1 amide bonds. The van der Waals surface area contributed by atoms with E-state index in [2.05, 4.69) is 10.3 Å². The minimum atomic E-state index is -0.498. The van der Waals surface area contributed by atoms with Crippen molar-refractivity contribution in [1.29, 1.82) is 0 Å². The van der Waals surface area contributed by atoms with Crippen LogP contribution in [0.3, 0.4) is 0 Å². The largest absolute Gasteiger partial charge is 0.491 e. The van der Waals surface area contributed by atoms with Crippen LogP contribution in [-0.4, -0.2) is 29.8 Å². The molecule has 1 fully saturated rings. The molecule has 1 aliphatic rings. The zero-order chi connectivity index (χ0) is 20.4. The van der Waals surface area contributed by atoms with Crippen molar-refractivity contribution in [3.05, 3.63) is 47.2 Å². The molecular formula is C22H27ClN2O3. The van der Waals surface area contributed by atoms with Gasteiger partial charge >= 0.3 is 6.09 Å². The highest BCUT2D eigenvalue weighted by Gasteiger charge is 2.44. The van der Waals surface area contributed by atoms with E-state index in [0.29, 0.717) is 23.9 Å². The molecule has 0 aliphatic heterocycles. The highest BCUT2D eigenvalue weighted by Crippen LogP contribution is 2.45. The fraction of sp³-hybridized carbons (Fsp3) is 0.455. The van der Waals surface area contributed by atoms with Crippen LogP contribution in [-0.2, 0) is 4.74 Å². The van der Waals surface area contributed by atoms with Crippen molar-refractivity contribution in [2.75, 3.05) is 13.2 Å². The number of carbonyl (C=O) groups excluding carboxylic acids is 1. The fourth-order valence-electron chi connectivity index (χ4n) is 2.90. The van der Waals surface area contributed by atoms with Crippen LogP contribution in [0.1, 0.15) is 39.3 Å². The van der Waals surface area contributed by atoms with Crippen LogP contribution in [0.25, 0.3) is 11.1 Å². The summed E-state index contributed by atoms with van der Waals surface area (Å²) in [5, 5.41) is 3.55. The maximum atomic E-state index is 11.9. The van der Waals surface area contributed by atoms with E-state index in [1.165, 1.54) is 0 Å². The van der Waals surface area contributed by atoms with Gasteiger partial charge in [-0.25, -0.2) is 4.79 Å². The van der Waals surface area contributed by atoms with Gasteiger partial charge in [-0.2, -0.15) is 0 Å². The summed E-state index contributed by atoms with van der Waals surface area (Å²) in [6.45, 7) is 8.59. The average Bonchev–Trinajstić information content (AvgIpc) is 3.38. The Morgan fingerprint density at radius 2 is 2.04 bits per heavy atom. The number of amides is 1. The van der Waals surface area contributed by atoms with Crippen LogP contribution in [0.15, 0.2) is 36.5 Å². The van der Waals surface area contributed by atoms with Crippen LogP contribution < -0.4 is 10.1 Å². The van der Waals surface area contributed by atoms with Crippen LogP contribution in [0, 0.1) is 12.3 Å². The van der Waals surface area contributed by atoms with Crippen molar-refractivity contribution in [1.82, 2.24) is 10.3 Å². The number of carbonyl (C=O) groups is 1. The lowest BCUT2D eigenvalue weighted by Gasteiger charge is -2.22. The van der Waals surface area contributed by atoms with Gasteiger partial charge in [0.05, 0.1) is 12.8 Å². The molecule has 1 aliphatic carbocycles. The van der Waals surface area contributed by atoms with E-state index in [4.69, 9.17) is 21.1 Å². The van der Waals surface area contributed by atoms with Gasteiger partial charge in [0, 0.05) is 28.2 Å². The third-order valence-corrected chi connectivity index (χ3v) is 4.94. The number of alkyl carbamates (subject to hydrolysis) is 1. The predicted molar refractivity (Wildman–Crippen MR) is 111 cm³/mol. The first-order chi connectivity index (χ1) is 13.2. The molecule has 3 rings (SSSR count). The summed E-state index contributed by atoms with van der Waals surface area (Å²) in [6, 6.07) is 9.69. The van der Waals surface area contributed by atoms with E-state index in [1.54, 1.807) is 6.20 Å². The zero-order valence-electron chi connectivity index (χ0n) is 16.8. The first-order valence-corrected chi connectivity index (χ1v) is 9.86. The highest BCUT2D eigenvalue weighted by atomic mass is 35.5. The Morgan fingerprint density at radius 3 is 2.68 bits per heavy atom. The van der Waals surface area contributed by atoms with Crippen LogP contribution in [0.5, 0.6) is 5.75 Å². The van der Waals surface area contributed by atoms with Crippen molar-refractivity contribution >= 4 is 17.7 Å². The summed E-state index contributed by atoms with van der Waals surface area (Å²) in [7, 11) is 0. The third kappa shape index (κ3) is 5.61. The van der Waals surface area contributed by atoms with E-state index >= 15 is 0 Å². The normalized spacial score (nSPS) is 15.0. The summed E-state index contributed by atoms with van der Waals surface area (Å²) in [6.07, 6.45) is 3.38. The van der Waals surface area contributed by atoms with Crippen molar-refractivity contribution in [3.63, 3.8) is 0 Å². The first kappa shape index (κ1) is 20.5. The average molecular weight is 403 g/mol. The zero-order valence-corrected chi connectivity index (χ0v) is 17.6. The Labute approximate surface area is 171 Å². The Kier molecular flexibility index (Phi) is 5.84. The van der Waals surface area contributed by atoms with E-state index < -0.39 is 5.60 Å². The van der Waals surface area contributed by atoms with Gasteiger partial charge in [0.2, 0.25) is 0 Å². The van der Waals surface area contributed by atoms with Crippen molar-refractivity contribution in [2.45, 2.75) is 46.1 Å². The van der Waals surface area contributed by atoms with E-state index in [-0.39, 0.29) is 11.5 Å². The van der Waals surface area contributed by atoms with Gasteiger partial charge in [-0.15, -0.1) is 0 Å². The maximum Gasteiger partial charge on any atom is 0.407 e. The maximum absolute atomic E-state index is 11.9. The molecule has 1 aromatic carbocycles. The second-order valence-electron chi connectivity index (χ2n) is 8.46. The molecule has 6 heteroatoms. The van der Waals surface area contributed by atoms with Crippen LogP contribution >= 0.6 is 11.6 Å². The van der Waals surface area contributed by atoms with E-state index in [0.717, 1.165) is 29.7 Å². The molecule has 0 radical (unpaired) electrons. The highest BCUT2D eigenvalue weighted by molar-refractivity contribution is 6.30. The molecule has 5 nitrogen and oxygen atoms in total. The Morgan fingerprint density at radius 1 is 1.29 bits per heavy atom. The number of nitrogens with one attached hydrogen (secondary N) is 1. The predicted octanol–water partition coefficient (Wildman–Crippen LogP) is 5.39. The Hall–Kier alpha value is -2.27. The van der Waals surface area contributed by atoms with Gasteiger partial charge < -0.3 is 14.8 Å². The summed E-state index contributed by atoms with van der Waals surface area (Å²) >= 11 is 6.12. The second kappa shape index (κ2) is 8.00. The summed E-state index contributed by atoms with van der Waals surface area (Å²) in [5.41, 5.74) is 2.40. The molecule has 2 aromatic rings. The number of rotatable bonds is 6. The van der Waals surface area contributed by atoms with Gasteiger partial charge in [0.15, 0.2) is 0 Å². The van der Waals surface area contributed by atoms with Gasteiger partial charge in [-0.3, -0.25) is 4.98 Å². The number of hydrogen-bond acceptors (Lipinski definition) is 4. The topological polar surface area (TPSA) is 60.5 Å². The van der Waals surface area contributed by atoms with Crippen molar-refractivity contribution in [2.24, 2.45) is 5.41 Å². The number of ether oxygens (including phenoxy) is 2. The molecular weight excluding hydrogens is 376 g/mol. The van der Waals surface area contributed by atoms with Gasteiger partial charge in [-0.1, -0.05) is 23.7 Å². The summed E-state index contributed by atoms with van der Waals surface area (Å²) in [4.78, 5) is 16.3. The van der Waals surface area contributed by atoms with Crippen LogP contribution in [0.2, 0.25) is 5.02 Å². The van der Waals surface area contributed by atoms with Gasteiger partial charge in [0.1, 0.15) is 11.4 Å². The minimum Gasteiger partial charge on any atom is -0.491 e. The summed E-state index contributed by atoms with van der Waals surface area (Å²) in [5.74, 6) is 0.712. The molecule has 0 bridgehead atoms. The number of nitrogens with zero attached hydrogens (tertiary/aromatic N) is 1. The molecule has 1 saturated carbocycles. The standard InChI is InChI=1S/C22H27ClN2O3/c1-15-19(16-6-5-7-17(23)10-16)11-18(12-24-15)27-14-22(8-9-22)13-25-20(26)28-21(2,3)4/h5-7,10-12H,8-9,13-14H2,1-4H3,(H,25,26). The van der Waals surface area contributed by atoms with E-state index in [1.807, 2.05) is 58.0 Å². The quantitative estimate of drug-likeness (QED) is 0.703. The molecule has 1 N–H and O–H groups in total. The number of aryl methyl sites for hydroxylation is 1. The lowest BCUT2D eigenvalue weighted by molar-refractivity contribution is 0.0509. The number of aromatic nitrogens is 1. The third-order valence-electron chi connectivity index (χ3n) is 4.71. The van der Waals surface area contributed by atoms with Crippen molar-refractivity contribution < 1.29 is 14.3 Å². The molecule has 1 aromatic heterocycles. The van der Waals surface area contributed by atoms with Gasteiger partial charge in [0.25, 0.3) is 0 Å².